The third-order valence-corrected chi connectivity index (χ3v) is 5.68. The Morgan fingerprint density at radius 1 is 0.862 bits per heavy atom. The van der Waals surface area contributed by atoms with E-state index in [1.165, 1.54) is 0 Å². The van der Waals surface area contributed by atoms with Crippen LogP contribution >= 0.6 is 0 Å². The van der Waals surface area contributed by atoms with Crippen LogP contribution in [0, 0.1) is 44.4 Å². The van der Waals surface area contributed by atoms with E-state index in [9.17, 15) is 5.26 Å². The molecule has 2 aromatic carbocycles. The molecule has 0 fully saturated rings. The van der Waals surface area contributed by atoms with E-state index in [1.807, 2.05) is 45.1 Å². The average molecular weight is 384 g/mol. The van der Waals surface area contributed by atoms with Crippen LogP contribution in [-0.2, 0) is 0 Å². The molecule has 0 bridgehead atoms. The number of hydrogen-bond donors (Lipinski definition) is 2. The van der Waals surface area contributed by atoms with E-state index < -0.39 is 5.41 Å². The van der Waals surface area contributed by atoms with Crippen LogP contribution in [-0.4, -0.2) is 0 Å². The molecule has 0 amide bonds. The van der Waals surface area contributed by atoms with Crippen molar-refractivity contribution in [2.75, 3.05) is 11.5 Å². The van der Waals surface area contributed by atoms with Gasteiger partial charge in [0.05, 0.1) is 11.5 Å². The van der Waals surface area contributed by atoms with Crippen LogP contribution in [0.4, 0.5) is 11.4 Å². The van der Waals surface area contributed by atoms with Crippen molar-refractivity contribution < 1.29 is 0 Å². The topological polar surface area (TPSA) is 75.8 Å². The number of nitriles is 1. The van der Waals surface area contributed by atoms with Gasteiger partial charge < -0.3 is 11.5 Å². The van der Waals surface area contributed by atoms with Crippen molar-refractivity contribution in [2.45, 2.75) is 40.5 Å². The SMILES string of the molecule is Cc1cc(C)c(N)c(C(C2=CC=CC(C)(C#N)C=C2)c2cc(C)cc(C)c2N)c1. The minimum atomic E-state index is -0.634. The van der Waals surface area contributed by atoms with Crippen LogP contribution in [0.3, 0.4) is 0 Å². The number of rotatable bonds is 3. The summed E-state index contributed by atoms with van der Waals surface area (Å²) in [7, 11) is 0. The Morgan fingerprint density at radius 3 is 1.86 bits per heavy atom. The van der Waals surface area contributed by atoms with E-state index in [4.69, 9.17) is 11.5 Å². The number of anilines is 2. The van der Waals surface area contributed by atoms with Gasteiger partial charge in [0.2, 0.25) is 0 Å². The van der Waals surface area contributed by atoms with Crippen molar-refractivity contribution in [3.05, 3.63) is 93.6 Å². The molecule has 0 spiro atoms. The Kier molecular flexibility index (Phi) is 5.40. The quantitative estimate of drug-likeness (QED) is 0.658. The van der Waals surface area contributed by atoms with Crippen molar-refractivity contribution in [3.63, 3.8) is 0 Å². The summed E-state index contributed by atoms with van der Waals surface area (Å²) in [6.07, 6.45) is 9.94. The number of nitrogens with two attached hydrogens (primary N) is 2. The van der Waals surface area contributed by atoms with Crippen molar-refractivity contribution in [2.24, 2.45) is 5.41 Å². The lowest BCUT2D eigenvalue weighted by atomic mass is 9.80. The molecule has 3 nitrogen and oxygen atoms in total. The summed E-state index contributed by atoms with van der Waals surface area (Å²) in [6.45, 7) is 10.2. The normalized spacial score (nSPS) is 18.4. The highest BCUT2D eigenvalue weighted by atomic mass is 14.6. The van der Waals surface area contributed by atoms with Gasteiger partial charge in [0.1, 0.15) is 0 Å². The van der Waals surface area contributed by atoms with Gasteiger partial charge in [-0.25, -0.2) is 0 Å². The second kappa shape index (κ2) is 7.64. The molecule has 1 aliphatic carbocycles. The summed E-state index contributed by atoms with van der Waals surface area (Å²) < 4.78 is 0. The molecule has 29 heavy (non-hydrogen) atoms. The minimum Gasteiger partial charge on any atom is -0.398 e. The molecular weight excluding hydrogens is 354 g/mol. The zero-order valence-electron chi connectivity index (χ0n) is 17.9. The highest BCUT2D eigenvalue weighted by Crippen LogP contribution is 2.42. The van der Waals surface area contributed by atoms with Crippen molar-refractivity contribution in [3.8, 4) is 6.07 Å². The fourth-order valence-corrected chi connectivity index (χ4v) is 4.03. The maximum absolute atomic E-state index is 9.55. The first kappa shape index (κ1) is 20.5. The van der Waals surface area contributed by atoms with Gasteiger partial charge >= 0.3 is 0 Å². The molecule has 0 aliphatic heterocycles. The lowest BCUT2D eigenvalue weighted by Gasteiger charge is -2.25. The monoisotopic (exact) mass is 383 g/mol. The summed E-state index contributed by atoms with van der Waals surface area (Å²) in [4.78, 5) is 0. The van der Waals surface area contributed by atoms with Gasteiger partial charge in [0.25, 0.3) is 0 Å². The van der Waals surface area contributed by atoms with Crippen molar-refractivity contribution in [1.29, 1.82) is 5.26 Å². The number of benzene rings is 2. The largest absolute Gasteiger partial charge is 0.398 e. The molecule has 1 unspecified atom stereocenters. The molecule has 1 aliphatic rings. The second-order valence-electron chi connectivity index (χ2n) is 8.36. The van der Waals surface area contributed by atoms with E-state index in [2.05, 4.69) is 50.3 Å². The van der Waals surface area contributed by atoms with E-state index in [-0.39, 0.29) is 5.92 Å². The van der Waals surface area contributed by atoms with Crippen LogP contribution in [0.2, 0.25) is 0 Å². The van der Waals surface area contributed by atoms with Crippen LogP contribution in [0.1, 0.15) is 46.2 Å². The second-order valence-corrected chi connectivity index (χ2v) is 8.36. The van der Waals surface area contributed by atoms with Crippen LogP contribution < -0.4 is 11.5 Å². The molecule has 0 saturated carbocycles. The Balaban J connectivity index is 2.31. The molecule has 0 heterocycles. The fourth-order valence-electron chi connectivity index (χ4n) is 4.03. The van der Waals surface area contributed by atoms with Crippen LogP contribution in [0.15, 0.2) is 60.2 Å². The van der Waals surface area contributed by atoms with Crippen LogP contribution in [0.25, 0.3) is 0 Å². The van der Waals surface area contributed by atoms with Crippen LogP contribution in [0.5, 0.6) is 0 Å². The Hall–Kier alpha value is -3.25. The summed E-state index contributed by atoms with van der Waals surface area (Å²) >= 11 is 0. The first-order valence-electron chi connectivity index (χ1n) is 9.88. The number of nitrogens with zero attached hydrogens (tertiary/aromatic N) is 1. The molecule has 1 atom stereocenters. The third-order valence-electron chi connectivity index (χ3n) is 5.68. The molecule has 0 aromatic heterocycles. The first-order chi connectivity index (χ1) is 13.6. The number of hydrogen-bond acceptors (Lipinski definition) is 3. The molecule has 0 radical (unpaired) electrons. The van der Waals surface area contributed by atoms with Gasteiger partial charge in [0.15, 0.2) is 0 Å². The molecule has 2 aromatic rings. The standard InChI is InChI=1S/C26H29N3/c1-16-11-18(3)24(28)21(13-16)23(22-14-17(2)12-19(4)25(22)29)20-7-6-9-26(5,15-27)10-8-20/h6-14,23H,28-29H2,1-5H3. The summed E-state index contributed by atoms with van der Waals surface area (Å²) in [5, 5.41) is 9.55. The minimum absolute atomic E-state index is 0.117. The average Bonchev–Trinajstić information content (AvgIpc) is 2.86. The number of allylic oxidation sites excluding steroid dienone is 6. The van der Waals surface area contributed by atoms with Gasteiger partial charge in [-0.1, -0.05) is 65.8 Å². The van der Waals surface area contributed by atoms with Gasteiger partial charge in [-0.05, 0) is 62.4 Å². The number of aryl methyl sites for hydroxylation is 4. The molecule has 4 N–H and O–H groups in total. The van der Waals surface area contributed by atoms with E-state index >= 15 is 0 Å². The van der Waals surface area contributed by atoms with E-state index in [0.29, 0.717) is 0 Å². The molecular formula is C26H29N3. The van der Waals surface area contributed by atoms with E-state index in [1.54, 1.807) is 0 Å². The van der Waals surface area contributed by atoms with Gasteiger partial charge in [-0.2, -0.15) is 5.26 Å². The summed E-state index contributed by atoms with van der Waals surface area (Å²) in [6, 6.07) is 10.9. The predicted molar refractivity (Wildman–Crippen MR) is 123 cm³/mol. The predicted octanol–water partition coefficient (Wildman–Crippen LogP) is 5.80. The smallest absolute Gasteiger partial charge is 0.0911 e. The zero-order valence-corrected chi connectivity index (χ0v) is 17.9. The van der Waals surface area contributed by atoms with Gasteiger partial charge in [0, 0.05) is 17.3 Å². The Labute approximate surface area is 174 Å². The third kappa shape index (κ3) is 3.98. The van der Waals surface area contributed by atoms with Gasteiger partial charge in [-0.15, -0.1) is 0 Å². The molecule has 3 heteroatoms. The first-order valence-corrected chi connectivity index (χ1v) is 9.88. The van der Waals surface area contributed by atoms with E-state index in [0.717, 1.165) is 50.3 Å². The van der Waals surface area contributed by atoms with Crippen molar-refractivity contribution in [1.82, 2.24) is 0 Å². The highest BCUT2D eigenvalue weighted by molar-refractivity contribution is 5.68. The van der Waals surface area contributed by atoms with Crippen molar-refractivity contribution >= 4 is 11.4 Å². The Morgan fingerprint density at radius 2 is 1.38 bits per heavy atom. The maximum atomic E-state index is 9.55. The lowest BCUT2D eigenvalue weighted by Crippen LogP contribution is -2.12. The zero-order chi connectivity index (χ0) is 21.3. The van der Waals surface area contributed by atoms with Gasteiger partial charge in [-0.3, -0.25) is 0 Å². The molecule has 0 saturated heterocycles. The lowest BCUT2D eigenvalue weighted by molar-refractivity contribution is 0.736. The highest BCUT2D eigenvalue weighted by Gasteiger charge is 2.26. The maximum Gasteiger partial charge on any atom is 0.0911 e. The molecule has 3 rings (SSSR count). The Bertz CT molecular complexity index is 1040. The number of nitrogen functional groups attached to an aromatic ring is 2. The fraction of sp³-hybridized carbons (Fsp3) is 0.269. The summed E-state index contributed by atoms with van der Waals surface area (Å²) in [5.74, 6) is -0.117. The molecule has 148 valence electrons. The summed E-state index contributed by atoms with van der Waals surface area (Å²) in [5.41, 5.74) is 21.7.